The average molecular weight is 271 g/mol. The number of quaternary nitrogens is 1. The van der Waals surface area contributed by atoms with Crippen LogP contribution < -0.4 is 11.0 Å². The minimum atomic E-state index is -3.30. The van der Waals surface area contributed by atoms with E-state index in [0.29, 0.717) is 13.2 Å². The van der Waals surface area contributed by atoms with Crippen molar-refractivity contribution in [3.05, 3.63) is 0 Å². The minimum Gasteiger partial charge on any atom is -0.780 e. The van der Waals surface area contributed by atoms with Crippen molar-refractivity contribution in [3.63, 3.8) is 0 Å². The van der Waals surface area contributed by atoms with Gasteiger partial charge < -0.3 is 20.1 Å². The highest BCUT2D eigenvalue weighted by Gasteiger charge is 2.17. The van der Waals surface area contributed by atoms with Crippen molar-refractivity contribution in [2.45, 2.75) is 41.5 Å². The molecule has 0 aromatic heterocycles. The van der Waals surface area contributed by atoms with E-state index in [2.05, 4.69) is 0 Å². The second-order valence-electron chi connectivity index (χ2n) is 6.12. The van der Waals surface area contributed by atoms with E-state index in [4.69, 9.17) is 20.9 Å². The third-order valence-electron chi connectivity index (χ3n) is 1.31. The quantitative estimate of drug-likeness (QED) is 0.797. The lowest BCUT2D eigenvalue weighted by atomic mass is 9.99. The molecule has 0 aromatic rings. The molecular weight excluding hydrogens is 245 g/mol. The van der Waals surface area contributed by atoms with E-state index in [-0.39, 0.29) is 17.0 Å². The van der Waals surface area contributed by atoms with Crippen molar-refractivity contribution in [3.8, 4) is 0 Å². The van der Waals surface area contributed by atoms with Crippen LogP contribution >= 0.6 is 6.72 Å². The first-order valence-corrected chi connectivity index (χ1v) is 7.57. The van der Waals surface area contributed by atoms with Crippen LogP contribution in [0, 0.1) is 10.8 Å². The first-order valence-electron chi connectivity index (χ1n) is 5.01. The molecule has 0 amide bonds. The number of hydrogen-bond donors (Lipinski definition) is 1. The van der Waals surface area contributed by atoms with Crippen molar-refractivity contribution in [1.82, 2.24) is 6.15 Å². The first kappa shape index (κ1) is 18.8. The molecule has 0 radical (unpaired) electrons. The molecule has 6 heteroatoms. The molecule has 0 spiro atoms. The summed E-state index contributed by atoms with van der Waals surface area (Å²) in [4.78, 5) is 11.7. The maximum absolute atomic E-state index is 11.7. The van der Waals surface area contributed by atoms with Crippen molar-refractivity contribution < 1.29 is 13.9 Å². The Bertz CT molecular complexity index is 223. The zero-order chi connectivity index (χ0) is 12.3. The Morgan fingerprint density at radius 3 is 1.38 bits per heavy atom. The van der Waals surface area contributed by atoms with Gasteiger partial charge in [-0.1, -0.05) is 53.3 Å². The van der Waals surface area contributed by atoms with Gasteiger partial charge in [0.1, 0.15) is 6.72 Å². The Hall–Kier alpha value is 0.490. The SMILES string of the molecule is CC(C)(C)COP([O-])(=S)OCC(C)(C)C.[NH4+]. The van der Waals surface area contributed by atoms with Crippen molar-refractivity contribution in [1.29, 1.82) is 0 Å². The molecule has 0 unspecified atom stereocenters. The maximum Gasteiger partial charge on any atom is 0.115 e. The van der Waals surface area contributed by atoms with Crippen LogP contribution in [0.1, 0.15) is 41.5 Å². The van der Waals surface area contributed by atoms with Crippen LogP contribution in [0.5, 0.6) is 0 Å². The predicted octanol–water partition coefficient (Wildman–Crippen LogP) is 3.07. The van der Waals surface area contributed by atoms with Crippen LogP contribution in [0.4, 0.5) is 0 Å². The zero-order valence-corrected chi connectivity index (χ0v) is 13.2. The molecule has 0 atom stereocenters. The maximum atomic E-state index is 11.7. The summed E-state index contributed by atoms with van der Waals surface area (Å²) >= 11 is 4.79. The summed E-state index contributed by atoms with van der Waals surface area (Å²) in [5, 5.41) is 0. The lowest BCUT2D eigenvalue weighted by Gasteiger charge is -2.33. The van der Waals surface area contributed by atoms with Crippen molar-refractivity contribution in [2.75, 3.05) is 13.2 Å². The lowest BCUT2D eigenvalue weighted by molar-refractivity contribution is -0.210. The van der Waals surface area contributed by atoms with Crippen LogP contribution in [-0.4, -0.2) is 13.2 Å². The molecule has 16 heavy (non-hydrogen) atoms. The molecule has 0 saturated heterocycles. The summed E-state index contributed by atoms with van der Waals surface area (Å²) in [6, 6.07) is 0. The van der Waals surface area contributed by atoms with Crippen molar-refractivity contribution >= 4 is 18.5 Å². The summed E-state index contributed by atoms with van der Waals surface area (Å²) in [5.74, 6) is 0. The smallest absolute Gasteiger partial charge is 0.115 e. The molecule has 0 aromatic carbocycles. The van der Waals surface area contributed by atoms with Gasteiger partial charge in [-0.05, 0) is 10.8 Å². The summed E-state index contributed by atoms with van der Waals surface area (Å²) < 4.78 is 10.3. The Balaban J connectivity index is 0. The van der Waals surface area contributed by atoms with E-state index >= 15 is 0 Å². The topological polar surface area (TPSA) is 78.0 Å². The third-order valence-corrected chi connectivity index (χ3v) is 2.83. The minimum absolute atomic E-state index is 0. The highest BCUT2D eigenvalue weighted by molar-refractivity contribution is 8.06. The highest BCUT2D eigenvalue weighted by Crippen LogP contribution is 2.41. The fraction of sp³-hybridized carbons (Fsp3) is 1.00. The Kier molecular flexibility index (Phi) is 7.57. The molecule has 0 bridgehead atoms. The summed E-state index contributed by atoms with van der Waals surface area (Å²) in [5.41, 5.74) is -0.112. The van der Waals surface area contributed by atoms with E-state index in [1.54, 1.807) is 0 Å². The molecule has 0 saturated carbocycles. The standard InChI is InChI=1S/C10H23O3PS.H3N/c1-9(2,3)7-12-14(11,15)13-8-10(4,5)6;/h7-8H2,1-6H3,(H,11,15);1H3. The molecular formula is C10H26NO3PS. The molecule has 0 aliphatic carbocycles. The van der Waals surface area contributed by atoms with E-state index in [0.717, 1.165) is 0 Å². The van der Waals surface area contributed by atoms with E-state index in [1.807, 2.05) is 41.5 Å². The van der Waals surface area contributed by atoms with Crippen LogP contribution in [-0.2, 0) is 20.9 Å². The van der Waals surface area contributed by atoms with E-state index < -0.39 is 6.72 Å². The largest absolute Gasteiger partial charge is 0.780 e. The van der Waals surface area contributed by atoms with Gasteiger partial charge in [0.25, 0.3) is 0 Å². The van der Waals surface area contributed by atoms with Gasteiger partial charge in [0.15, 0.2) is 0 Å². The second-order valence-corrected chi connectivity index (χ2v) is 8.87. The van der Waals surface area contributed by atoms with Gasteiger partial charge in [-0.25, -0.2) is 0 Å². The predicted molar refractivity (Wildman–Crippen MR) is 71.1 cm³/mol. The lowest BCUT2D eigenvalue weighted by Crippen LogP contribution is -2.21. The Morgan fingerprint density at radius 2 is 1.19 bits per heavy atom. The molecule has 100 valence electrons. The molecule has 0 rings (SSSR count). The van der Waals surface area contributed by atoms with Gasteiger partial charge in [-0.15, -0.1) is 0 Å². The molecule has 0 aliphatic rings. The van der Waals surface area contributed by atoms with Crippen LogP contribution in [0.25, 0.3) is 0 Å². The zero-order valence-electron chi connectivity index (χ0n) is 11.5. The molecule has 4 nitrogen and oxygen atoms in total. The average Bonchev–Trinajstić information content (AvgIpc) is 1.96. The number of hydrogen-bond acceptors (Lipinski definition) is 4. The van der Waals surface area contributed by atoms with Gasteiger partial charge in [0, 0.05) is 0 Å². The summed E-state index contributed by atoms with van der Waals surface area (Å²) in [6.45, 7) is 9.34. The molecule has 4 N–H and O–H groups in total. The first-order chi connectivity index (χ1) is 6.41. The molecule has 0 heterocycles. The fourth-order valence-corrected chi connectivity index (χ4v) is 2.06. The van der Waals surface area contributed by atoms with Crippen LogP contribution in [0.15, 0.2) is 0 Å². The van der Waals surface area contributed by atoms with Gasteiger partial charge in [0.2, 0.25) is 0 Å². The third kappa shape index (κ3) is 12.6. The van der Waals surface area contributed by atoms with E-state index in [9.17, 15) is 4.89 Å². The Labute approximate surface area is 105 Å². The number of rotatable bonds is 4. The monoisotopic (exact) mass is 271 g/mol. The van der Waals surface area contributed by atoms with Gasteiger partial charge >= 0.3 is 0 Å². The van der Waals surface area contributed by atoms with Gasteiger partial charge in [-0.2, -0.15) is 0 Å². The fourth-order valence-electron chi connectivity index (χ4n) is 0.583. The van der Waals surface area contributed by atoms with E-state index in [1.165, 1.54) is 0 Å². The second kappa shape index (κ2) is 6.43. The van der Waals surface area contributed by atoms with Crippen LogP contribution in [0.2, 0.25) is 0 Å². The summed E-state index contributed by atoms with van der Waals surface area (Å²) in [6.07, 6.45) is 0. The van der Waals surface area contributed by atoms with Crippen molar-refractivity contribution in [2.24, 2.45) is 10.8 Å². The highest BCUT2D eigenvalue weighted by atomic mass is 32.5. The molecule has 0 aliphatic heterocycles. The Morgan fingerprint density at radius 1 is 0.938 bits per heavy atom. The van der Waals surface area contributed by atoms with Gasteiger partial charge in [0.05, 0.1) is 13.2 Å². The summed E-state index contributed by atoms with van der Waals surface area (Å²) in [7, 11) is 0. The van der Waals surface area contributed by atoms with Crippen LogP contribution in [0.3, 0.4) is 0 Å². The normalized spacial score (nSPS) is 13.4. The molecule has 0 fully saturated rings. The van der Waals surface area contributed by atoms with Gasteiger partial charge in [-0.3, -0.25) is 0 Å².